The highest BCUT2D eigenvalue weighted by Gasteiger charge is 2.20. The number of hydrogen-bond donors (Lipinski definition) is 1. The third-order valence-corrected chi connectivity index (χ3v) is 2.89. The SMILES string of the molecule is CC1CC(=O)Nc2cc(C(=O)CCCl)ccc2O1. The monoisotopic (exact) mass is 267 g/mol. The van der Waals surface area contributed by atoms with E-state index in [4.69, 9.17) is 16.3 Å². The summed E-state index contributed by atoms with van der Waals surface area (Å²) in [6.07, 6.45) is 0.418. The van der Waals surface area contributed by atoms with Gasteiger partial charge in [0, 0.05) is 17.9 Å². The Bertz CT molecular complexity index is 487. The average molecular weight is 268 g/mol. The van der Waals surface area contributed by atoms with Gasteiger partial charge in [0.05, 0.1) is 12.1 Å². The van der Waals surface area contributed by atoms with Gasteiger partial charge >= 0.3 is 0 Å². The van der Waals surface area contributed by atoms with Crippen molar-refractivity contribution < 1.29 is 14.3 Å². The minimum absolute atomic E-state index is 0.0423. The molecular formula is C13H14ClNO3. The number of carbonyl (C=O) groups excluding carboxylic acids is 2. The zero-order valence-electron chi connectivity index (χ0n) is 10.0. The first-order valence-electron chi connectivity index (χ1n) is 5.80. The van der Waals surface area contributed by atoms with Crippen LogP contribution in [0.2, 0.25) is 0 Å². The lowest BCUT2D eigenvalue weighted by Gasteiger charge is -2.11. The van der Waals surface area contributed by atoms with Crippen molar-refractivity contribution in [3.8, 4) is 5.75 Å². The zero-order chi connectivity index (χ0) is 13.1. The first kappa shape index (κ1) is 12.9. The van der Waals surface area contributed by atoms with E-state index in [0.717, 1.165) is 0 Å². The van der Waals surface area contributed by atoms with E-state index < -0.39 is 0 Å². The second-order valence-corrected chi connectivity index (χ2v) is 4.63. The van der Waals surface area contributed by atoms with E-state index in [2.05, 4.69) is 5.32 Å². The quantitative estimate of drug-likeness (QED) is 0.677. The van der Waals surface area contributed by atoms with Crippen LogP contribution < -0.4 is 10.1 Å². The van der Waals surface area contributed by atoms with Crippen molar-refractivity contribution in [1.82, 2.24) is 0 Å². The molecule has 1 aromatic carbocycles. The van der Waals surface area contributed by atoms with Crippen molar-refractivity contribution in [2.45, 2.75) is 25.9 Å². The number of carbonyl (C=O) groups is 2. The van der Waals surface area contributed by atoms with E-state index >= 15 is 0 Å². The molecule has 0 aliphatic carbocycles. The lowest BCUT2D eigenvalue weighted by Crippen LogP contribution is -2.17. The molecule has 96 valence electrons. The summed E-state index contributed by atoms with van der Waals surface area (Å²) in [7, 11) is 0. The highest BCUT2D eigenvalue weighted by Crippen LogP contribution is 2.30. The summed E-state index contributed by atoms with van der Waals surface area (Å²) in [5.74, 6) is 0.730. The number of benzene rings is 1. The molecule has 1 amide bonds. The predicted molar refractivity (Wildman–Crippen MR) is 69.4 cm³/mol. The van der Waals surface area contributed by atoms with E-state index in [1.807, 2.05) is 6.92 Å². The van der Waals surface area contributed by atoms with Crippen LogP contribution in [-0.4, -0.2) is 23.7 Å². The van der Waals surface area contributed by atoms with Gasteiger partial charge in [-0.2, -0.15) is 0 Å². The Labute approximate surface area is 110 Å². The van der Waals surface area contributed by atoms with E-state index in [1.165, 1.54) is 0 Å². The lowest BCUT2D eigenvalue weighted by atomic mass is 10.1. The maximum atomic E-state index is 11.7. The Morgan fingerprint density at radius 1 is 1.56 bits per heavy atom. The fourth-order valence-corrected chi connectivity index (χ4v) is 2.03. The fourth-order valence-electron chi connectivity index (χ4n) is 1.85. The Hall–Kier alpha value is -1.55. The molecule has 1 unspecified atom stereocenters. The number of anilines is 1. The number of Topliss-reactive ketones (excluding diaryl/α,β-unsaturated/α-hetero) is 1. The smallest absolute Gasteiger partial charge is 0.228 e. The molecule has 0 saturated heterocycles. The molecule has 1 N–H and O–H groups in total. The molecule has 1 aromatic rings. The van der Waals surface area contributed by atoms with E-state index in [-0.39, 0.29) is 30.1 Å². The molecule has 1 heterocycles. The summed E-state index contributed by atoms with van der Waals surface area (Å²) < 4.78 is 5.60. The van der Waals surface area contributed by atoms with Gasteiger partial charge in [0.25, 0.3) is 0 Å². The molecule has 18 heavy (non-hydrogen) atoms. The van der Waals surface area contributed by atoms with Gasteiger partial charge in [-0.05, 0) is 25.1 Å². The zero-order valence-corrected chi connectivity index (χ0v) is 10.8. The van der Waals surface area contributed by atoms with Gasteiger partial charge in [-0.1, -0.05) is 0 Å². The molecule has 1 aliphatic rings. The van der Waals surface area contributed by atoms with Crippen molar-refractivity contribution in [3.05, 3.63) is 23.8 Å². The standard InChI is InChI=1S/C13H14ClNO3/c1-8-6-13(17)15-10-7-9(11(16)4-5-14)2-3-12(10)18-8/h2-3,7-8H,4-6H2,1H3,(H,15,17). The number of rotatable bonds is 3. The van der Waals surface area contributed by atoms with Crippen LogP contribution in [0.1, 0.15) is 30.1 Å². The number of hydrogen-bond acceptors (Lipinski definition) is 3. The maximum absolute atomic E-state index is 11.7. The highest BCUT2D eigenvalue weighted by molar-refractivity contribution is 6.19. The summed E-state index contributed by atoms with van der Waals surface area (Å²) >= 11 is 5.54. The minimum Gasteiger partial charge on any atom is -0.488 e. The van der Waals surface area contributed by atoms with Crippen molar-refractivity contribution in [1.29, 1.82) is 0 Å². The van der Waals surface area contributed by atoms with Gasteiger partial charge in [-0.3, -0.25) is 9.59 Å². The van der Waals surface area contributed by atoms with Gasteiger partial charge in [0.15, 0.2) is 5.78 Å². The number of fused-ring (bicyclic) bond motifs is 1. The van der Waals surface area contributed by atoms with Gasteiger partial charge in [-0.15, -0.1) is 11.6 Å². The second kappa shape index (κ2) is 5.40. The van der Waals surface area contributed by atoms with Crippen LogP contribution in [0.25, 0.3) is 0 Å². The number of alkyl halides is 1. The molecule has 1 aliphatic heterocycles. The number of ketones is 1. The minimum atomic E-state index is -0.171. The van der Waals surface area contributed by atoms with Gasteiger partial charge in [0.2, 0.25) is 5.91 Å². The highest BCUT2D eigenvalue weighted by atomic mass is 35.5. The van der Waals surface area contributed by atoms with Crippen molar-refractivity contribution in [2.75, 3.05) is 11.2 Å². The maximum Gasteiger partial charge on any atom is 0.228 e. The molecule has 0 saturated carbocycles. The molecule has 2 rings (SSSR count). The summed E-state index contributed by atoms with van der Waals surface area (Å²) in [4.78, 5) is 23.3. The summed E-state index contributed by atoms with van der Waals surface area (Å²) in [5, 5.41) is 2.74. The van der Waals surface area contributed by atoms with Crippen molar-refractivity contribution >= 4 is 29.0 Å². The van der Waals surface area contributed by atoms with Crippen LogP contribution >= 0.6 is 11.6 Å². The van der Waals surface area contributed by atoms with Crippen molar-refractivity contribution in [2.24, 2.45) is 0 Å². The predicted octanol–water partition coefficient (Wildman–Crippen LogP) is 2.61. The fraction of sp³-hybridized carbons (Fsp3) is 0.385. The van der Waals surface area contributed by atoms with E-state index in [1.54, 1.807) is 18.2 Å². The molecule has 5 heteroatoms. The van der Waals surface area contributed by atoms with Crippen LogP contribution in [-0.2, 0) is 4.79 Å². The van der Waals surface area contributed by atoms with Crippen LogP contribution in [0.5, 0.6) is 5.75 Å². The lowest BCUT2D eigenvalue weighted by molar-refractivity contribution is -0.117. The third kappa shape index (κ3) is 2.82. The van der Waals surface area contributed by atoms with Crippen molar-refractivity contribution in [3.63, 3.8) is 0 Å². The van der Waals surface area contributed by atoms with Crippen LogP contribution in [0.4, 0.5) is 5.69 Å². The first-order chi connectivity index (χ1) is 8.60. The Balaban J connectivity index is 2.31. The molecule has 0 spiro atoms. The van der Waals surface area contributed by atoms with Gasteiger partial charge in [0.1, 0.15) is 11.9 Å². The Morgan fingerprint density at radius 2 is 2.33 bits per heavy atom. The average Bonchev–Trinajstić information content (AvgIpc) is 2.44. The van der Waals surface area contributed by atoms with E-state index in [9.17, 15) is 9.59 Å². The van der Waals surface area contributed by atoms with Crippen LogP contribution in [0.3, 0.4) is 0 Å². The Kier molecular flexibility index (Phi) is 3.87. The summed E-state index contributed by atoms with van der Waals surface area (Å²) in [5.41, 5.74) is 1.08. The molecule has 0 aromatic heterocycles. The number of halogens is 1. The molecular weight excluding hydrogens is 254 g/mol. The van der Waals surface area contributed by atoms with Crippen LogP contribution in [0.15, 0.2) is 18.2 Å². The summed E-state index contributed by atoms with van der Waals surface area (Å²) in [6.45, 7) is 1.83. The van der Waals surface area contributed by atoms with Gasteiger partial charge in [-0.25, -0.2) is 0 Å². The molecule has 0 bridgehead atoms. The number of amides is 1. The molecule has 1 atom stereocenters. The van der Waals surface area contributed by atoms with E-state index in [0.29, 0.717) is 23.4 Å². The number of nitrogens with one attached hydrogen (secondary N) is 1. The van der Waals surface area contributed by atoms with Gasteiger partial charge < -0.3 is 10.1 Å². The number of ether oxygens (including phenoxy) is 1. The third-order valence-electron chi connectivity index (χ3n) is 2.70. The molecule has 0 fully saturated rings. The molecule has 4 nitrogen and oxygen atoms in total. The van der Waals surface area contributed by atoms with Crippen LogP contribution in [0, 0.1) is 0 Å². The normalized spacial score (nSPS) is 18.3. The topological polar surface area (TPSA) is 55.4 Å². The summed E-state index contributed by atoms with van der Waals surface area (Å²) in [6, 6.07) is 5.04. The molecule has 0 radical (unpaired) electrons. The largest absolute Gasteiger partial charge is 0.488 e. The Morgan fingerprint density at radius 3 is 3.06 bits per heavy atom. The second-order valence-electron chi connectivity index (χ2n) is 4.25. The first-order valence-corrected chi connectivity index (χ1v) is 6.33.